The standard InChI is InChI=1S/2C16H19FN4O3/c2*1-2-23-16(22)21-8-6-20(7-9-21)11-14-18-15(24-19-14)12-4-3-5-13(17)10-12/h2*3-5,10H,2,6-9,11H2,1H3. The van der Waals surface area contributed by atoms with Gasteiger partial charge in [-0.05, 0) is 50.2 Å². The number of carbonyl (C=O) groups is 2. The number of piperazine rings is 2. The quantitative estimate of drug-likeness (QED) is 0.264. The van der Waals surface area contributed by atoms with Gasteiger partial charge in [0, 0.05) is 63.5 Å². The summed E-state index contributed by atoms with van der Waals surface area (Å²) < 4.78 is 46.9. The Labute approximate surface area is 276 Å². The van der Waals surface area contributed by atoms with Gasteiger partial charge < -0.3 is 28.3 Å². The predicted molar refractivity (Wildman–Crippen MR) is 167 cm³/mol. The zero-order valence-electron chi connectivity index (χ0n) is 26.9. The van der Waals surface area contributed by atoms with Crippen LogP contribution in [0.4, 0.5) is 18.4 Å². The second kappa shape index (κ2) is 16.7. The molecule has 0 aliphatic carbocycles. The highest BCUT2D eigenvalue weighted by Gasteiger charge is 2.24. The van der Waals surface area contributed by atoms with E-state index in [2.05, 4.69) is 30.1 Å². The third-order valence-corrected chi connectivity index (χ3v) is 7.61. The first-order valence-corrected chi connectivity index (χ1v) is 15.8. The zero-order valence-corrected chi connectivity index (χ0v) is 26.9. The first-order chi connectivity index (χ1) is 23.3. The van der Waals surface area contributed by atoms with Crippen molar-refractivity contribution in [2.24, 2.45) is 0 Å². The fourth-order valence-corrected chi connectivity index (χ4v) is 5.12. The molecule has 2 aliphatic rings. The Kier molecular flexibility index (Phi) is 12.0. The molecule has 0 atom stereocenters. The molecule has 48 heavy (non-hydrogen) atoms. The van der Waals surface area contributed by atoms with Crippen molar-refractivity contribution in [3.8, 4) is 22.9 Å². The molecule has 2 aromatic heterocycles. The predicted octanol–water partition coefficient (Wildman–Crippen LogP) is 4.30. The number of ether oxygens (including phenoxy) is 2. The Hall–Kier alpha value is -4.96. The smallest absolute Gasteiger partial charge is 0.409 e. The van der Waals surface area contributed by atoms with Gasteiger partial charge in [0.2, 0.25) is 0 Å². The third-order valence-electron chi connectivity index (χ3n) is 7.61. The minimum atomic E-state index is -0.345. The van der Waals surface area contributed by atoms with Crippen LogP contribution in [-0.4, -0.2) is 118 Å². The van der Waals surface area contributed by atoms with Crippen LogP contribution in [0.1, 0.15) is 25.5 Å². The number of hydrogen-bond acceptors (Lipinski definition) is 12. The summed E-state index contributed by atoms with van der Waals surface area (Å²) in [6.07, 6.45) is -0.546. The molecule has 2 saturated heterocycles. The number of carbonyl (C=O) groups excluding carboxylic acids is 2. The van der Waals surface area contributed by atoms with Gasteiger partial charge in [-0.15, -0.1) is 0 Å². The molecule has 4 aromatic rings. The lowest BCUT2D eigenvalue weighted by Gasteiger charge is -2.33. The van der Waals surface area contributed by atoms with Gasteiger partial charge in [0.15, 0.2) is 11.6 Å². The van der Waals surface area contributed by atoms with E-state index >= 15 is 0 Å². The highest BCUT2D eigenvalue weighted by molar-refractivity contribution is 5.68. The van der Waals surface area contributed by atoms with Crippen molar-refractivity contribution < 1.29 is 36.9 Å². The van der Waals surface area contributed by atoms with Crippen LogP contribution in [0.15, 0.2) is 57.6 Å². The molecule has 0 N–H and O–H groups in total. The Bertz CT molecular complexity index is 1520. The van der Waals surface area contributed by atoms with Crippen LogP contribution >= 0.6 is 0 Å². The molecule has 6 rings (SSSR count). The summed E-state index contributed by atoms with van der Waals surface area (Å²) >= 11 is 0. The molecule has 2 aromatic carbocycles. The van der Waals surface area contributed by atoms with Gasteiger partial charge in [0.05, 0.1) is 26.3 Å². The molecule has 0 radical (unpaired) electrons. The Balaban J connectivity index is 0.000000188. The maximum Gasteiger partial charge on any atom is 0.409 e. The minimum Gasteiger partial charge on any atom is -0.450 e. The number of amides is 2. The molecule has 2 fully saturated rings. The van der Waals surface area contributed by atoms with E-state index in [0.717, 1.165) is 0 Å². The molecular formula is C32H38F2N8O6. The van der Waals surface area contributed by atoms with E-state index in [-0.39, 0.29) is 23.8 Å². The van der Waals surface area contributed by atoms with Crippen molar-refractivity contribution in [2.45, 2.75) is 26.9 Å². The average molecular weight is 669 g/mol. The number of halogens is 2. The lowest BCUT2D eigenvalue weighted by atomic mass is 10.2. The van der Waals surface area contributed by atoms with Crippen LogP contribution in [0.5, 0.6) is 0 Å². The van der Waals surface area contributed by atoms with Crippen molar-refractivity contribution in [1.29, 1.82) is 0 Å². The maximum atomic E-state index is 13.2. The topological polar surface area (TPSA) is 143 Å². The third kappa shape index (κ3) is 9.54. The fraction of sp³-hybridized carbons (Fsp3) is 0.438. The molecule has 2 amide bonds. The Morgan fingerprint density at radius 1 is 0.667 bits per heavy atom. The van der Waals surface area contributed by atoms with Crippen LogP contribution in [0.2, 0.25) is 0 Å². The van der Waals surface area contributed by atoms with E-state index in [4.69, 9.17) is 18.5 Å². The van der Waals surface area contributed by atoms with Crippen molar-refractivity contribution in [3.05, 3.63) is 71.8 Å². The molecule has 4 heterocycles. The molecule has 14 nitrogen and oxygen atoms in total. The van der Waals surface area contributed by atoms with Crippen molar-refractivity contribution in [2.75, 3.05) is 65.6 Å². The molecule has 256 valence electrons. The second-order valence-corrected chi connectivity index (χ2v) is 11.0. The summed E-state index contributed by atoms with van der Waals surface area (Å²) in [5.74, 6) is 0.992. The van der Waals surface area contributed by atoms with Gasteiger partial charge in [0.1, 0.15) is 11.6 Å². The molecule has 16 heteroatoms. The summed E-state index contributed by atoms with van der Waals surface area (Å²) in [7, 11) is 0. The highest BCUT2D eigenvalue weighted by Crippen LogP contribution is 2.20. The van der Waals surface area contributed by atoms with E-state index < -0.39 is 0 Å². The van der Waals surface area contributed by atoms with Gasteiger partial charge in [-0.25, -0.2) is 18.4 Å². The van der Waals surface area contributed by atoms with Crippen molar-refractivity contribution in [3.63, 3.8) is 0 Å². The first-order valence-electron chi connectivity index (χ1n) is 15.8. The number of benzene rings is 2. The average Bonchev–Trinajstić information content (AvgIpc) is 3.76. The lowest BCUT2D eigenvalue weighted by molar-refractivity contribution is 0.0763. The van der Waals surface area contributed by atoms with E-state index in [1.165, 1.54) is 24.3 Å². The van der Waals surface area contributed by atoms with E-state index in [9.17, 15) is 18.4 Å². The summed E-state index contributed by atoms with van der Waals surface area (Å²) in [5.41, 5.74) is 1.11. The van der Waals surface area contributed by atoms with Crippen LogP contribution in [0, 0.1) is 11.6 Å². The summed E-state index contributed by atoms with van der Waals surface area (Å²) in [6, 6.07) is 12.1. The maximum absolute atomic E-state index is 13.2. The van der Waals surface area contributed by atoms with Crippen LogP contribution < -0.4 is 0 Å². The molecule has 2 aliphatic heterocycles. The molecular weight excluding hydrogens is 630 g/mol. The van der Waals surface area contributed by atoms with Gasteiger partial charge >= 0.3 is 12.2 Å². The van der Waals surface area contributed by atoms with Crippen molar-refractivity contribution >= 4 is 12.2 Å². The monoisotopic (exact) mass is 668 g/mol. The first kappa shape index (κ1) is 34.4. The van der Waals surface area contributed by atoms with E-state index in [0.29, 0.717) is 113 Å². The SMILES string of the molecule is CCOC(=O)N1CCN(Cc2noc(-c3cccc(F)c3)n2)CC1.CCOC(=O)N1CCN(Cc2noc(-c3cccc(F)c3)n2)CC1. The largest absolute Gasteiger partial charge is 0.450 e. The molecule has 0 spiro atoms. The Morgan fingerprint density at radius 2 is 1.06 bits per heavy atom. The van der Waals surface area contributed by atoms with Crippen LogP contribution in [0.3, 0.4) is 0 Å². The van der Waals surface area contributed by atoms with Crippen LogP contribution in [-0.2, 0) is 22.6 Å². The van der Waals surface area contributed by atoms with Gasteiger partial charge in [-0.2, -0.15) is 9.97 Å². The van der Waals surface area contributed by atoms with E-state index in [1.54, 1.807) is 47.9 Å². The molecule has 0 bridgehead atoms. The zero-order chi connectivity index (χ0) is 33.9. The second-order valence-electron chi connectivity index (χ2n) is 11.0. The molecule has 0 unspecified atom stereocenters. The number of aromatic nitrogens is 4. The summed E-state index contributed by atoms with van der Waals surface area (Å²) in [4.78, 5) is 39.6. The summed E-state index contributed by atoms with van der Waals surface area (Å²) in [6.45, 7) is 10.7. The minimum absolute atomic E-state index is 0.273. The van der Waals surface area contributed by atoms with E-state index in [1.807, 2.05) is 0 Å². The van der Waals surface area contributed by atoms with Crippen molar-refractivity contribution in [1.82, 2.24) is 39.9 Å². The number of nitrogens with zero attached hydrogens (tertiary/aromatic N) is 8. The molecule has 0 saturated carbocycles. The fourth-order valence-electron chi connectivity index (χ4n) is 5.12. The van der Waals surface area contributed by atoms with Crippen LogP contribution in [0.25, 0.3) is 22.9 Å². The van der Waals surface area contributed by atoms with Gasteiger partial charge in [-0.3, -0.25) is 9.80 Å². The Morgan fingerprint density at radius 3 is 1.42 bits per heavy atom. The van der Waals surface area contributed by atoms with Gasteiger partial charge in [0.25, 0.3) is 11.8 Å². The number of hydrogen-bond donors (Lipinski definition) is 0. The lowest BCUT2D eigenvalue weighted by Crippen LogP contribution is -2.48. The van der Waals surface area contributed by atoms with Gasteiger partial charge in [-0.1, -0.05) is 22.4 Å². The highest BCUT2D eigenvalue weighted by atomic mass is 19.1. The summed E-state index contributed by atoms with van der Waals surface area (Å²) in [5, 5.41) is 7.89. The number of rotatable bonds is 8. The normalized spacial score (nSPS) is 15.5.